The van der Waals surface area contributed by atoms with E-state index in [0.717, 1.165) is 5.39 Å². The fourth-order valence-corrected chi connectivity index (χ4v) is 3.28. The largest absolute Gasteiger partial charge is 0.497 e. The van der Waals surface area contributed by atoms with E-state index in [-0.39, 0.29) is 18.1 Å². The van der Waals surface area contributed by atoms with E-state index in [1.54, 1.807) is 39.2 Å². The van der Waals surface area contributed by atoms with Gasteiger partial charge in [0.25, 0.3) is 15.8 Å². The lowest BCUT2D eigenvalue weighted by Crippen LogP contribution is -2.41. The Bertz CT molecular complexity index is 843. The first-order chi connectivity index (χ1) is 10.8. The van der Waals surface area contributed by atoms with Crippen LogP contribution in [0.5, 0.6) is 5.75 Å². The van der Waals surface area contributed by atoms with Gasteiger partial charge in [-0.2, -0.15) is 13.1 Å². The summed E-state index contributed by atoms with van der Waals surface area (Å²) in [5.41, 5.74) is 0.969. The molecule has 0 amide bonds. The molecule has 0 aliphatic carbocycles. The summed E-state index contributed by atoms with van der Waals surface area (Å²) in [4.78, 5) is 14.9. The summed E-state index contributed by atoms with van der Waals surface area (Å²) in [6.07, 6.45) is 0.302. The number of ether oxygens (including phenoxy) is 1. The number of pyridine rings is 1. The molecule has 1 aromatic heterocycles. The van der Waals surface area contributed by atoms with Crippen LogP contribution in [0, 0.1) is 0 Å². The topological polar surface area (TPSA) is 100 Å². The maximum absolute atomic E-state index is 12.1. The molecular formula is C15H21N3O4S. The molecule has 0 aliphatic rings. The van der Waals surface area contributed by atoms with Crippen molar-refractivity contribution in [1.29, 1.82) is 0 Å². The van der Waals surface area contributed by atoms with Crippen LogP contribution in [-0.4, -0.2) is 33.1 Å². The van der Waals surface area contributed by atoms with Crippen LogP contribution in [0.1, 0.15) is 19.4 Å². The van der Waals surface area contributed by atoms with Crippen molar-refractivity contribution in [2.24, 2.45) is 0 Å². The quantitative estimate of drug-likeness (QED) is 0.698. The zero-order valence-electron chi connectivity index (χ0n) is 13.3. The molecular weight excluding hydrogens is 318 g/mol. The predicted octanol–water partition coefficient (Wildman–Crippen LogP) is 0.912. The fraction of sp³-hybridized carbons (Fsp3) is 0.400. The molecule has 1 heterocycles. The second kappa shape index (κ2) is 7.12. The molecule has 0 unspecified atom stereocenters. The first-order valence-corrected chi connectivity index (χ1v) is 8.76. The molecule has 2 aromatic rings. The van der Waals surface area contributed by atoms with E-state index >= 15 is 0 Å². The Morgan fingerprint density at radius 1 is 1.26 bits per heavy atom. The molecule has 0 saturated carbocycles. The van der Waals surface area contributed by atoms with Gasteiger partial charge >= 0.3 is 0 Å². The summed E-state index contributed by atoms with van der Waals surface area (Å²) in [5.74, 6) is 0.661. The second-order valence-corrected chi connectivity index (χ2v) is 7.03. The van der Waals surface area contributed by atoms with Crippen molar-refractivity contribution in [2.75, 3.05) is 13.7 Å². The van der Waals surface area contributed by atoms with Crippen molar-refractivity contribution in [3.8, 4) is 5.75 Å². The van der Waals surface area contributed by atoms with Crippen LogP contribution >= 0.6 is 0 Å². The van der Waals surface area contributed by atoms with Gasteiger partial charge in [-0.25, -0.2) is 4.72 Å². The second-order valence-electron chi connectivity index (χ2n) is 5.50. The summed E-state index contributed by atoms with van der Waals surface area (Å²) in [5, 5.41) is 0.864. The van der Waals surface area contributed by atoms with E-state index in [9.17, 15) is 13.2 Å². The lowest BCUT2D eigenvalue weighted by molar-refractivity contribution is 0.415. The lowest BCUT2D eigenvalue weighted by Gasteiger charge is -2.10. The van der Waals surface area contributed by atoms with Crippen LogP contribution in [0.3, 0.4) is 0 Å². The summed E-state index contributed by atoms with van der Waals surface area (Å²) in [7, 11) is -1.98. The number of hydrogen-bond acceptors (Lipinski definition) is 4. The summed E-state index contributed by atoms with van der Waals surface area (Å²) >= 11 is 0. The van der Waals surface area contributed by atoms with Crippen LogP contribution in [0.15, 0.2) is 29.1 Å². The third-order valence-corrected chi connectivity index (χ3v) is 4.57. The molecule has 2 rings (SSSR count). The number of aromatic nitrogens is 1. The predicted molar refractivity (Wildman–Crippen MR) is 90.0 cm³/mol. The van der Waals surface area contributed by atoms with E-state index in [0.29, 0.717) is 23.3 Å². The van der Waals surface area contributed by atoms with Crippen molar-refractivity contribution < 1.29 is 13.2 Å². The minimum atomic E-state index is -3.54. The normalized spacial score (nSPS) is 12.0. The summed E-state index contributed by atoms with van der Waals surface area (Å²) < 4.78 is 33.3. The molecule has 0 atom stereocenters. The summed E-state index contributed by atoms with van der Waals surface area (Å²) in [6.45, 7) is 3.62. The lowest BCUT2D eigenvalue weighted by atomic mass is 10.1. The van der Waals surface area contributed by atoms with Crippen LogP contribution in [0.2, 0.25) is 0 Å². The highest BCUT2D eigenvalue weighted by Crippen LogP contribution is 2.18. The molecule has 0 fully saturated rings. The molecule has 0 saturated heterocycles. The Kier molecular flexibility index (Phi) is 5.40. The number of fused-ring (bicyclic) bond motifs is 1. The first-order valence-electron chi connectivity index (χ1n) is 7.27. The van der Waals surface area contributed by atoms with Crippen molar-refractivity contribution >= 4 is 21.1 Å². The van der Waals surface area contributed by atoms with Crippen LogP contribution in [0.25, 0.3) is 10.9 Å². The van der Waals surface area contributed by atoms with Gasteiger partial charge in [-0.3, -0.25) is 4.79 Å². The van der Waals surface area contributed by atoms with Crippen molar-refractivity contribution in [2.45, 2.75) is 26.3 Å². The number of aromatic amines is 1. The van der Waals surface area contributed by atoms with E-state index < -0.39 is 10.2 Å². The zero-order valence-corrected chi connectivity index (χ0v) is 14.2. The first kappa shape index (κ1) is 17.5. The molecule has 126 valence electrons. The number of H-pyrrole nitrogens is 1. The van der Waals surface area contributed by atoms with Gasteiger partial charge in [0.15, 0.2) is 0 Å². The van der Waals surface area contributed by atoms with Crippen LogP contribution in [-0.2, 0) is 16.6 Å². The Hall–Kier alpha value is -1.90. The number of methoxy groups -OCH3 is 1. The third kappa shape index (κ3) is 4.78. The number of benzene rings is 1. The SMILES string of the molecule is COc1ccc2cc(CCNS(=O)(=O)NC(C)C)c(=O)[nH]c2c1. The molecule has 0 aliphatic heterocycles. The van der Waals surface area contributed by atoms with Gasteiger partial charge in [0.1, 0.15) is 5.75 Å². The monoisotopic (exact) mass is 339 g/mol. The third-order valence-electron chi connectivity index (χ3n) is 3.21. The standard InChI is InChI=1S/C15H21N3O4S/c1-10(2)18-23(20,21)16-7-6-12-8-11-4-5-13(22-3)9-14(11)17-15(12)19/h4-5,8-10,16,18H,6-7H2,1-3H3,(H,17,19). The van der Waals surface area contributed by atoms with E-state index in [1.807, 2.05) is 6.07 Å². The maximum atomic E-state index is 12.1. The zero-order chi connectivity index (χ0) is 17.0. The molecule has 0 radical (unpaired) electrons. The van der Waals surface area contributed by atoms with E-state index in [1.165, 1.54) is 0 Å². The Labute approximate surface area is 135 Å². The Balaban J connectivity index is 2.12. The van der Waals surface area contributed by atoms with Gasteiger partial charge in [-0.1, -0.05) is 0 Å². The molecule has 0 bridgehead atoms. The molecule has 8 heteroatoms. The number of hydrogen-bond donors (Lipinski definition) is 3. The average molecular weight is 339 g/mol. The highest BCUT2D eigenvalue weighted by Gasteiger charge is 2.11. The number of rotatable bonds is 7. The molecule has 23 heavy (non-hydrogen) atoms. The van der Waals surface area contributed by atoms with E-state index in [4.69, 9.17) is 4.74 Å². The van der Waals surface area contributed by atoms with Gasteiger partial charge < -0.3 is 9.72 Å². The average Bonchev–Trinajstić information content (AvgIpc) is 2.45. The Morgan fingerprint density at radius 2 is 2.00 bits per heavy atom. The maximum Gasteiger partial charge on any atom is 0.277 e. The van der Waals surface area contributed by atoms with E-state index in [2.05, 4.69) is 14.4 Å². The highest BCUT2D eigenvalue weighted by molar-refractivity contribution is 7.87. The molecule has 1 aromatic carbocycles. The Morgan fingerprint density at radius 3 is 2.65 bits per heavy atom. The van der Waals surface area contributed by atoms with Gasteiger partial charge in [0.05, 0.1) is 12.6 Å². The smallest absolute Gasteiger partial charge is 0.277 e. The van der Waals surface area contributed by atoms with Crippen molar-refractivity contribution in [3.63, 3.8) is 0 Å². The van der Waals surface area contributed by atoms with Gasteiger partial charge in [0.2, 0.25) is 0 Å². The number of nitrogens with one attached hydrogen (secondary N) is 3. The van der Waals surface area contributed by atoms with Crippen molar-refractivity contribution in [3.05, 3.63) is 40.2 Å². The highest BCUT2D eigenvalue weighted by atomic mass is 32.2. The molecule has 0 spiro atoms. The van der Waals surface area contributed by atoms with Crippen LogP contribution < -0.4 is 19.7 Å². The van der Waals surface area contributed by atoms with Crippen molar-refractivity contribution in [1.82, 2.24) is 14.4 Å². The molecule has 7 nitrogen and oxygen atoms in total. The minimum absolute atomic E-state index is 0.146. The fourth-order valence-electron chi connectivity index (χ4n) is 2.21. The van der Waals surface area contributed by atoms with Crippen LogP contribution in [0.4, 0.5) is 0 Å². The van der Waals surface area contributed by atoms with Gasteiger partial charge in [-0.05, 0) is 43.9 Å². The molecule has 3 N–H and O–H groups in total. The minimum Gasteiger partial charge on any atom is -0.497 e. The van der Waals surface area contributed by atoms with Gasteiger partial charge in [0, 0.05) is 24.2 Å². The van der Waals surface area contributed by atoms with Gasteiger partial charge in [-0.15, -0.1) is 0 Å². The summed E-state index contributed by atoms with van der Waals surface area (Å²) in [6, 6.07) is 6.97.